The van der Waals surface area contributed by atoms with Crippen molar-refractivity contribution >= 4 is 44.2 Å². The van der Waals surface area contributed by atoms with Gasteiger partial charge in [0.15, 0.2) is 5.13 Å². The normalized spacial score (nSPS) is 19.4. The summed E-state index contributed by atoms with van der Waals surface area (Å²) in [6, 6.07) is 3.99. The van der Waals surface area contributed by atoms with Gasteiger partial charge in [0, 0.05) is 37.1 Å². The molecule has 0 spiro atoms. The van der Waals surface area contributed by atoms with E-state index in [1.165, 1.54) is 17.5 Å². The molecule has 0 unspecified atom stereocenters. The Hall–Kier alpha value is -1.33. The van der Waals surface area contributed by atoms with Crippen LogP contribution in [0.15, 0.2) is 12.1 Å². The van der Waals surface area contributed by atoms with Crippen molar-refractivity contribution in [3.05, 3.63) is 22.7 Å². The van der Waals surface area contributed by atoms with Gasteiger partial charge in [-0.05, 0) is 37.5 Å². The minimum Gasteiger partial charge on any atom is -0.345 e. The molecular weight excluding hydrogens is 342 g/mol. The van der Waals surface area contributed by atoms with Crippen LogP contribution in [0.1, 0.15) is 31.2 Å². The van der Waals surface area contributed by atoms with Gasteiger partial charge in [-0.3, -0.25) is 4.79 Å². The number of hydrogen-bond donors (Lipinski definition) is 0. The number of rotatable bonds is 2. The average molecular weight is 364 g/mol. The van der Waals surface area contributed by atoms with E-state index in [1.54, 1.807) is 11.3 Å². The van der Waals surface area contributed by atoms with E-state index in [9.17, 15) is 4.79 Å². The Bertz CT molecular complexity index is 761. The topological polar surface area (TPSA) is 36.4 Å². The molecule has 6 heteroatoms. The third-order valence-corrected chi connectivity index (χ3v) is 6.79. The number of amides is 1. The Labute approximate surface area is 151 Å². The lowest BCUT2D eigenvalue weighted by Crippen LogP contribution is -2.50. The van der Waals surface area contributed by atoms with Crippen molar-refractivity contribution < 1.29 is 4.79 Å². The molecule has 2 aromatic rings. The molecule has 0 radical (unpaired) electrons. The van der Waals surface area contributed by atoms with Gasteiger partial charge in [0.05, 0.1) is 10.2 Å². The van der Waals surface area contributed by atoms with Gasteiger partial charge in [-0.1, -0.05) is 35.8 Å². The van der Waals surface area contributed by atoms with Gasteiger partial charge < -0.3 is 9.80 Å². The first kappa shape index (κ1) is 16.2. The SMILES string of the molecule is Cc1c(Cl)ccc2sc(N3CCN(C(=O)C4CCCC4)CC3)nc12. The lowest BCUT2D eigenvalue weighted by molar-refractivity contribution is -0.135. The number of anilines is 1. The number of benzene rings is 1. The molecule has 0 atom stereocenters. The average Bonchev–Trinajstić information content (AvgIpc) is 3.27. The standard InChI is InChI=1S/C18H22ClN3OS/c1-12-14(19)6-7-15-16(12)20-18(24-15)22-10-8-21(9-11-22)17(23)13-4-2-3-5-13/h6-7,13H,2-5,8-11H2,1H3. The van der Waals surface area contributed by atoms with E-state index in [2.05, 4.69) is 9.80 Å². The number of hydrogen-bond acceptors (Lipinski definition) is 4. The second kappa shape index (κ2) is 6.52. The summed E-state index contributed by atoms with van der Waals surface area (Å²) in [7, 11) is 0. The fraction of sp³-hybridized carbons (Fsp3) is 0.556. The first-order valence-corrected chi connectivity index (χ1v) is 9.92. The summed E-state index contributed by atoms with van der Waals surface area (Å²) in [6.45, 7) is 5.37. The van der Waals surface area contributed by atoms with Crippen molar-refractivity contribution in [3.8, 4) is 0 Å². The van der Waals surface area contributed by atoms with Gasteiger partial charge in [0.2, 0.25) is 5.91 Å². The Balaban J connectivity index is 1.46. The van der Waals surface area contributed by atoms with E-state index in [0.29, 0.717) is 5.91 Å². The summed E-state index contributed by atoms with van der Waals surface area (Å²) in [6.07, 6.45) is 4.59. The summed E-state index contributed by atoms with van der Waals surface area (Å²) in [5, 5.41) is 1.81. The highest BCUT2D eigenvalue weighted by atomic mass is 35.5. The van der Waals surface area contributed by atoms with Crippen LogP contribution in [0.4, 0.5) is 5.13 Å². The van der Waals surface area contributed by atoms with Crippen molar-refractivity contribution in [1.82, 2.24) is 9.88 Å². The fourth-order valence-corrected chi connectivity index (χ4v) is 5.00. The molecule has 1 saturated carbocycles. The number of aromatic nitrogens is 1. The monoisotopic (exact) mass is 363 g/mol. The molecule has 2 heterocycles. The van der Waals surface area contributed by atoms with Crippen LogP contribution in [-0.2, 0) is 4.79 Å². The number of carbonyl (C=O) groups excluding carboxylic acids is 1. The zero-order chi connectivity index (χ0) is 16.7. The van der Waals surface area contributed by atoms with E-state index in [4.69, 9.17) is 16.6 Å². The lowest BCUT2D eigenvalue weighted by atomic mass is 10.1. The first-order valence-electron chi connectivity index (χ1n) is 8.73. The van der Waals surface area contributed by atoms with Gasteiger partial charge in [0.25, 0.3) is 0 Å². The van der Waals surface area contributed by atoms with E-state index < -0.39 is 0 Å². The largest absolute Gasteiger partial charge is 0.345 e. The molecule has 128 valence electrons. The van der Waals surface area contributed by atoms with Gasteiger partial charge >= 0.3 is 0 Å². The Kier molecular flexibility index (Phi) is 4.39. The van der Waals surface area contributed by atoms with Crippen molar-refractivity contribution in [1.29, 1.82) is 0 Å². The molecule has 2 aliphatic rings. The minimum atomic E-state index is 0.281. The number of halogens is 1. The zero-order valence-electron chi connectivity index (χ0n) is 13.9. The van der Waals surface area contributed by atoms with Crippen molar-refractivity contribution in [3.63, 3.8) is 0 Å². The van der Waals surface area contributed by atoms with E-state index in [-0.39, 0.29) is 5.92 Å². The molecular formula is C18H22ClN3OS. The Morgan fingerprint density at radius 3 is 2.62 bits per heavy atom. The molecule has 4 rings (SSSR count). The van der Waals surface area contributed by atoms with E-state index in [1.807, 2.05) is 19.1 Å². The predicted molar refractivity (Wildman–Crippen MR) is 100 cm³/mol. The molecule has 0 bridgehead atoms. The van der Waals surface area contributed by atoms with Crippen molar-refractivity contribution in [2.24, 2.45) is 5.92 Å². The fourth-order valence-electron chi connectivity index (χ4n) is 3.77. The van der Waals surface area contributed by atoms with Crippen LogP contribution in [0.5, 0.6) is 0 Å². The number of nitrogens with zero attached hydrogens (tertiary/aromatic N) is 3. The van der Waals surface area contributed by atoms with Crippen LogP contribution in [0.3, 0.4) is 0 Å². The Morgan fingerprint density at radius 2 is 1.92 bits per heavy atom. The second-order valence-corrected chi connectivity index (χ2v) is 8.23. The van der Waals surface area contributed by atoms with Crippen molar-refractivity contribution in [2.75, 3.05) is 31.1 Å². The molecule has 1 aliphatic carbocycles. The maximum atomic E-state index is 12.5. The number of thiazole rings is 1. The smallest absolute Gasteiger partial charge is 0.225 e. The number of piperazine rings is 1. The Morgan fingerprint density at radius 1 is 1.21 bits per heavy atom. The van der Waals surface area contributed by atoms with Crippen LogP contribution < -0.4 is 4.90 Å². The minimum absolute atomic E-state index is 0.281. The number of aryl methyl sites for hydroxylation is 1. The van der Waals surface area contributed by atoms with Gasteiger partial charge in [0.1, 0.15) is 0 Å². The summed E-state index contributed by atoms with van der Waals surface area (Å²) in [5.74, 6) is 0.655. The lowest BCUT2D eigenvalue weighted by Gasteiger charge is -2.35. The molecule has 1 amide bonds. The highest BCUT2D eigenvalue weighted by Crippen LogP contribution is 2.34. The second-order valence-electron chi connectivity index (χ2n) is 6.81. The molecule has 4 nitrogen and oxygen atoms in total. The predicted octanol–water partition coefficient (Wildman–Crippen LogP) is 4.10. The van der Waals surface area contributed by atoms with Crippen LogP contribution in [0.2, 0.25) is 5.02 Å². The van der Waals surface area contributed by atoms with Crippen LogP contribution in [0.25, 0.3) is 10.2 Å². The van der Waals surface area contributed by atoms with Crippen LogP contribution in [-0.4, -0.2) is 42.0 Å². The maximum Gasteiger partial charge on any atom is 0.225 e. The summed E-state index contributed by atoms with van der Waals surface area (Å²) in [5.41, 5.74) is 2.05. The van der Waals surface area contributed by atoms with Crippen LogP contribution >= 0.6 is 22.9 Å². The maximum absolute atomic E-state index is 12.5. The summed E-state index contributed by atoms with van der Waals surface area (Å²) < 4.78 is 1.18. The molecule has 1 saturated heterocycles. The molecule has 2 fully saturated rings. The molecule has 1 aliphatic heterocycles. The third kappa shape index (κ3) is 2.88. The van der Waals surface area contributed by atoms with Crippen LogP contribution in [0, 0.1) is 12.8 Å². The quantitative estimate of drug-likeness (QED) is 0.806. The highest BCUT2D eigenvalue weighted by molar-refractivity contribution is 7.22. The zero-order valence-corrected chi connectivity index (χ0v) is 15.5. The van der Waals surface area contributed by atoms with E-state index in [0.717, 1.165) is 60.3 Å². The molecule has 1 aromatic carbocycles. The number of fused-ring (bicyclic) bond motifs is 1. The highest BCUT2D eigenvalue weighted by Gasteiger charge is 2.30. The molecule has 24 heavy (non-hydrogen) atoms. The summed E-state index contributed by atoms with van der Waals surface area (Å²) >= 11 is 7.92. The molecule has 0 N–H and O–H groups in total. The third-order valence-electron chi connectivity index (χ3n) is 5.30. The van der Waals surface area contributed by atoms with Gasteiger partial charge in [-0.25, -0.2) is 4.98 Å². The van der Waals surface area contributed by atoms with E-state index >= 15 is 0 Å². The van der Waals surface area contributed by atoms with Gasteiger partial charge in [-0.2, -0.15) is 0 Å². The van der Waals surface area contributed by atoms with Gasteiger partial charge in [-0.15, -0.1) is 0 Å². The van der Waals surface area contributed by atoms with Crippen molar-refractivity contribution in [2.45, 2.75) is 32.6 Å². The molecule has 1 aromatic heterocycles. The number of carbonyl (C=O) groups is 1. The first-order chi connectivity index (χ1) is 11.6. The summed E-state index contributed by atoms with van der Waals surface area (Å²) in [4.78, 5) is 21.7.